The van der Waals surface area contributed by atoms with E-state index >= 15 is 0 Å². The Morgan fingerprint density at radius 3 is 2.39 bits per heavy atom. The highest BCUT2D eigenvalue weighted by Crippen LogP contribution is 2.22. The maximum atomic E-state index is 13.5. The van der Waals surface area contributed by atoms with Crippen molar-refractivity contribution in [3.05, 3.63) is 84.1 Å². The van der Waals surface area contributed by atoms with Gasteiger partial charge in [0.1, 0.15) is 11.6 Å². The zero-order valence-electron chi connectivity index (χ0n) is 9.61. The van der Waals surface area contributed by atoms with Crippen molar-refractivity contribution in [1.29, 1.82) is 0 Å². The molecule has 0 aromatic heterocycles. The number of benzene rings is 2. The molecule has 0 aliphatic heterocycles. The second kappa shape index (κ2) is 5.27. The van der Waals surface area contributed by atoms with Gasteiger partial charge in [-0.3, -0.25) is 0 Å². The third kappa shape index (κ3) is 2.93. The van der Waals surface area contributed by atoms with E-state index in [1.807, 2.05) is 0 Å². The number of aliphatic hydroxyl groups is 1. The van der Waals surface area contributed by atoms with Gasteiger partial charge in [-0.25, -0.2) is 8.78 Å². The molecule has 3 heteroatoms. The third-order valence-corrected chi connectivity index (χ3v) is 2.61. The zero-order chi connectivity index (χ0) is 13.1. The molecule has 0 heterocycles. The molecule has 1 N–H and O–H groups in total. The van der Waals surface area contributed by atoms with Crippen LogP contribution in [0.25, 0.3) is 0 Å². The molecule has 2 aromatic rings. The Balaban J connectivity index is 2.18. The average molecular weight is 246 g/mol. The van der Waals surface area contributed by atoms with Crippen LogP contribution in [0.3, 0.4) is 0 Å². The predicted octanol–water partition coefficient (Wildman–Crippen LogP) is 3.43. The highest BCUT2D eigenvalue weighted by atomic mass is 19.1. The van der Waals surface area contributed by atoms with Gasteiger partial charge in [-0.15, -0.1) is 0 Å². The van der Waals surface area contributed by atoms with Gasteiger partial charge in [0.15, 0.2) is 0 Å². The highest BCUT2D eigenvalue weighted by molar-refractivity contribution is 5.35. The Hall–Kier alpha value is -1.74. The summed E-state index contributed by atoms with van der Waals surface area (Å²) < 4.78 is 26.2. The first-order valence-electron chi connectivity index (χ1n) is 5.46. The van der Waals surface area contributed by atoms with Crippen molar-refractivity contribution in [1.82, 2.24) is 0 Å². The number of halogens is 2. The van der Waals surface area contributed by atoms with E-state index < -0.39 is 11.9 Å². The predicted molar refractivity (Wildman–Crippen MR) is 65.6 cm³/mol. The van der Waals surface area contributed by atoms with Crippen molar-refractivity contribution in [3.8, 4) is 0 Å². The summed E-state index contributed by atoms with van der Waals surface area (Å²) in [5.41, 5.74) is 1.44. The summed E-state index contributed by atoms with van der Waals surface area (Å²) in [4.78, 5) is 0. The van der Waals surface area contributed by atoms with Gasteiger partial charge >= 0.3 is 0 Å². The summed E-state index contributed by atoms with van der Waals surface area (Å²) >= 11 is 0. The summed E-state index contributed by atoms with van der Waals surface area (Å²) in [5, 5.41) is 9.92. The SMILES string of the molecule is [CH2]c1ccc(F)c([CH]C(O)c2ccc(F)cc2)c1. The highest BCUT2D eigenvalue weighted by Gasteiger charge is 2.12. The molecule has 0 spiro atoms. The minimum atomic E-state index is -0.984. The van der Waals surface area contributed by atoms with Crippen LogP contribution < -0.4 is 0 Å². The zero-order valence-corrected chi connectivity index (χ0v) is 9.61. The molecule has 2 aromatic carbocycles. The summed E-state index contributed by atoms with van der Waals surface area (Å²) in [7, 11) is 0. The molecule has 0 fully saturated rings. The van der Waals surface area contributed by atoms with Gasteiger partial charge < -0.3 is 5.11 Å². The van der Waals surface area contributed by atoms with E-state index in [9.17, 15) is 13.9 Å². The quantitative estimate of drug-likeness (QED) is 0.879. The van der Waals surface area contributed by atoms with Gasteiger partial charge in [0.25, 0.3) is 0 Å². The molecule has 0 saturated carbocycles. The number of rotatable bonds is 3. The first-order valence-corrected chi connectivity index (χ1v) is 5.46. The monoisotopic (exact) mass is 246 g/mol. The summed E-state index contributed by atoms with van der Waals surface area (Å²) in [6.07, 6.45) is 0.388. The van der Waals surface area contributed by atoms with Crippen molar-refractivity contribution in [2.24, 2.45) is 0 Å². The van der Waals surface area contributed by atoms with Crippen molar-refractivity contribution in [2.75, 3.05) is 0 Å². The molecule has 1 nitrogen and oxygen atoms in total. The molecular weight excluding hydrogens is 234 g/mol. The minimum absolute atomic E-state index is 0.277. The van der Waals surface area contributed by atoms with Crippen LogP contribution in [0.1, 0.15) is 22.8 Å². The fourth-order valence-corrected chi connectivity index (χ4v) is 1.65. The van der Waals surface area contributed by atoms with E-state index in [1.54, 1.807) is 12.1 Å². The average Bonchev–Trinajstić information content (AvgIpc) is 2.34. The Morgan fingerprint density at radius 2 is 1.72 bits per heavy atom. The summed E-state index contributed by atoms with van der Waals surface area (Å²) in [5.74, 6) is -0.805. The molecule has 0 amide bonds. The minimum Gasteiger partial charge on any atom is -0.388 e. The van der Waals surface area contributed by atoms with E-state index in [1.165, 1.54) is 36.8 Å². The van der Waals surface area contributed by atoms with E-state index in [2.05, 4.69) is 6.92 Å². The van der Waals surface area contributed by atoms with Crippen molar-refractivity contribution in [3.63, 3.8) is 0 Å². The molecule has 0 saturated heterocycles. The second-order valence-electron chi connectivity index (χ2n) is 4.02. The van der Waals surface area contributed by atoms with Crippen LogP contribution in [0.15, 0.2) is 42.5 Å². The van der Waals surface area contributed by atoms with Crippen LogP contribution >= 0.6 is 0 Å². The van der Waals surface area contributed by atoms with Gasteiger partial charge in [0.05, 0.1) is 6.10 Å². The largest absolute Gasteiger partial charge is 0.388 e. The first-order chi connectivity index (χ1) is 8.56. The number of hydrogen-bond donors (Lipinski definition) is 1. The Labute approximate surface area is 105 Å². The molecule has 18 heavy (non-hydrogen) atoms. The van der Waals surface area contributed by atoms with Crippen LogP contribution in [-0.2, 0) is 0 Å². The van der Waals surface area contributed by atoms with Gasteiger partial charge in [0, 0.05) is 6.42 Å². The fourth-order valence-electron chi connectivity index (χ4n) is 1.65. The molecule has 0 aliphatic rings. The van der Waals surface area contributed by atoms with Gasteiger partial charge in [0.2, 0.25) is 0 Å². The van der Waals surface area contributed by atoms with E-state index in [0.717, 1.165) is 0 Å². The molecule has 92 valence electrons. The first kappa shape index (κ1) is 12.7. The molecule has 2 radical (unpaired) electrons. The third-order valence-electron chi connectivity index (χ3n) is 2.61. The lowest BCUT2D eigenvalue weighted by Crippen LogP contribution is -2.01. The molecule has 1 atom stereocenters. The normalized spacial score (nSPS) is 12.4. The smallest absolute Gasteiger partial charge is 0.126 e. The van der Waals surface area contributed by atoms with E-state index in [0.29, 0.717) is 11.1 Å². The standard InChI is InChI=1S/C15H12F2O/c1-10-2-7-14(17)12(8-10)9-15(18)11-3-5-13(16)6-4-11/h2-9,15,18H,1H2. The van der Waals surface area contributed by atoms with Crippen LogP contribution in [0, 0.1) is 25.0 Å². The fraction of sp³-hybridized carbons (Fsp3) is 0.0667. The van der Waals surface area contributed by atoms with Crippen molar-refractivity contribution < 1.29 is 13.9 Å². The Bertz CT molecular complexity index is 535. The van der Waals surface area contributed by atoms with Crippen LogP contribution in [0.5, 0.6) is 0 Å². The topological polar surface area (TPSA) is 20.2 Å². The van der Waals surface area contributed by atoms with Gasteiger partial charge in [-0.05, 0) is 41.8 Å². The van der Waals surface area contributed by atoms with Crippen LogP contribution in [-0.4, -0.2) is 5.11 Å². The van der Waals surface area contributed by atoms with Crippen molar-refractivity contribution in [2.45, 2.75) is 6.10 Å². The number of aliphatic hydroxyl groups excluding tert-OH is 1. The molecule has 1 unspecified atom stereocenters. The van der Waals surface area contributed by atoms with Crippen LogP contribution in [0.2, 0.25) is 0 Å². The lowest BCUT2D eigenvalue weighted by atomic mass is 10.00. The lowest BCUT2D eigenvalue weighted by Gasteiger charge is -2.11. The molecule has 2 rings (SSSR count). The summed E-state index contributed by atoms with van der Waals surface area (Å²) in [6, 6.07) is 9.82. The van der Waals surface area contributed by atoms with Crippen molar-refractivity contribution >= 4 is 0 Å². The van der Waals surface area contributed by atoms with E-state index in [4.69, 9.17) is 0 Å². The second-order valence-corrected chi connectivity index (χ2v) is 4.02. The maximum absolute atomic E-state index is 13.5. The maximum Gasteiger partial charge on any atom is 0.126 e. The Kier molecular flexibility index (Phi) is 3.72. The summed E-state index contributed by atoms with van der Waals surface area (Å²) in [6.45, 7) is 3.70. The molecule has 0 bridgehead atoms. The van der Waals surface area contributed by atoms with Gasteiger partial charge in [-0.1, -0.05) is 24.3 Å². The number of hydrogen-bond acceptors (Lipinski definition) is 1. The van der Waals surface area contributed by atoms with Gasteiger partial charge in [-0.2, -0.15) is 0 Å². The van der Waals surface area contributed by atoms with E-state index in [-0.39, 0.29) is 11.4 Å². The molecular formula is C15H12F2O. The van der Waals surface area contributed by atoms with Crippen LogP contribution in [0.4, 0.5) is 8.78 Å². The Morgan fingerprint density at radius 1 is 1.06 bits per heavy atom. The molecule has 0 aliphatic carbocycles. The lowest BCUT2D eigenvalue weighted by molar-refractivity contribution is 0.214.